The molecule has 2 aliphatic rings. The average Bonchev–Trinajstić information content (AvgIpc) is 3.25. The normalized spacial score (nSPS) is 16.3. The van der Waals surface area contributed by atoms with Gasteiger partial charge in [-0.05, 0) is 73.1 Å². The van der Waals surface area contributed by atoms with E-state index in [1.165, 1.54) is 16.8 Å². The van der Waals surface area contributed by atoms with Crippen molar-refractivity contribution in [3.05, 3.63) is 58.1 Å². The van der Waals surface area contributed by atoms with E-state index in [9.17, 15) is 4.79 Å². The van der Waals surface area contributed by atoms with Crippen LogP contribution < -0.4 is 14.2 Å². The number of nitrogens with one attached hydrogen (secondary N) is 1. The molecule has 2 aliphatic heterocycles. The molecule has 2 aromatic rings. The number of rotatable bonds is 9. The van der Waals surface area contributed by atoms with Gasteiger partial charge >= 0.3 is 0 Å². The quantitative estimate of drug-likeness (QED) is 0.339. The maximum atomic E-state index is 12.6. The molecule has 1 amide bonds. The van der Waals surface area contributed by atoms with Crippen molar-refractivity contribution in [2.24, 2.45) is 10.1 Å². The van der Waals surface area contributed by atoms with Crippen LogP contribution in [0.4, 0.5) is 0 Å². The molecule has 0 aliphatic carbocycles. The van der Waals surface area contributed by atoms with Crippen molar-refractivity contribution in [1.29, 1.82) is 5.41 Å². The third kappa shape index (κ3) is 5.51. The molecule has 0 aromatic heterocycles. The largest absolute Gasteiger partial charge is 0.490 e. The zero-order valence-corrected chi connectivity index (χ0v) is 21.1. The first kappa shape index (κ1) is 24.0. The fraction of sp³-hybridized carbons (Fsp3) is 0.250. The minimum Gasteiger partial charge on any atom is -0.490 e. The molecule has 0 bridgehead atoms. The number of carbonyl (C=O) groups is 1. The summed E-state index contributed by atoms with van der Waals surface area (Å²) in [6.45, 7) is 5.02. The van der Waals surface area contributed by atoms with E-state index in [-0.39, 0.29) is 11.4 Å². The zero-order valence-electron chi connectivity index (χ0n) is 18.7. The van der Waals surface area contributed by atoms with Crippen LogP contribution >= 0.6 is 27.7 Å². The van der Waals surface area contributed by atoms with Crippen molar-refractivity contribution in [1.82, 2.24) is 5.01 Å². The van der Waals surface area contributed by atoms with E-state index in [4.69, 9.17) is 19.6 Å². The predicted molar refractivity (Wildman–Crippen MR) is 138 cm³/mol. The van der Waals surface area contributed by atoms with E-state index in [1.54, 1.807) is 24.3 Å². The summed E-state index contributed by atoms with van der Waals surface area (Å²) in [6, 6.07) is 12.9. The lowest BCUT2D eigenvalue weighted by molar-refractivity contribution is -0.114. The predicted octanol–water partition coefficient (Wildman–Crippen LogP) is 5.33. The molecule has 176 valence electrons. The third-order valence-electron chi connectivity index (χ3n) is 4.80. The summed E-state index contributed by atoms with van der Waals surface area (Å²) in [5.41, 5.74) is 0.865. The fourth-order valence-corrected chi connectivity index (χ4v) is 4.27. The Hall–Kier alpha value is -3.11. The molecule has 0 unspecified atom stereocenters. The molecule has 1 N–H and O–H groups in total. The first-order chi connectivity index (χ1) is 16.5. The minimum atomic E-state index is -0.459. The third-order valence-corrected chi connectivity index (χ3v) is 6.38. The number of fused-ring (bicyclic) bond motifs is 1. The van der Waals surface area contributed by atoms with Crippen LogP contribution in [0.3, 0.4) is 0 Å². The Balaban J connectivity index is 1.46. The molecule has 34 heavy (non-hydrogen) atoms. The molecule has 4 rings (SSSR count). The van der Waals surface area contributed by atoms with Crippen molar-refractivity contribution >= 4 is 55.7 Å². The van der Waals surface area contributed by atoms with Gasteiger partial charge in [0.1, 0.15) is 24.0 Å². The van der Waals surface area contributed by atoms with E-state index >= 15 is 0 Å². The van der Waals surface area contributed by atoms with Crippen molar-refractivity contribution in [2.75, 3.05) is 19.8 Å². The second kappa shape index (κ2) is 10.9. The molecule has 2 heterocycles. The van der Waals surface area contributed by atoms with Gasteiger partial charge in [0.15, 0.2) is 17.3 Å². The van der Waals surface area contributed by atoms with Crippen LogP contribution in [0, 0.1) is 5.41 Å². The van der Waals surface area contributed by atoms with Crippen molar-refractivity contribution < 1.29 is 19.0 Å². The highest BCUT2D eigenvalue weighted by molar-refractivity contribution is 9.10. The van der Waals surface area contributed by atoms with Crippen molar-refractivity contribution in [3.63, 3.8) is 0 Å². The summed E-state index contributed by atoms with van der Waals surface area (Å²) in [5.74, 6) is 1.43. The number of amidine groups is 2. The van der Waals surface area contributed by atoms with Crippen molar-refractivity contribution in [2.45, 2.75) is 20.3 Å². The Morgan fingerprint density at radius 2 is 1.82 bits per heavy atom. The van der Waals surface area contributed by atoms with Gasteiger partial charge < -0.3 is 14.2 Å². The second-order valence-electron chi connectivity index (χ2n) is 7.16. The highest BCUT2D eigenvalue weighted by Gasteiger charge is 2.35. The molecule has 0 atom stereocenters. The Kier molecular flexibility index (Phi) is 7.69. The lowest BCUT2D eigenvalue weighted by Gasteiger charge is -2.20. The van der Waals surface area contributed by atoms with Gasteiger partial charge in [-0.3, -0.25) is 10.2 Å². The maximum Gasteiger partial charge on any atom is 0.283 e. The summed E-state index contributed by atoms with van der Waals surface area (Å²) in [7, 11) is 0. The standard InChI is InChI=1S/C24H23BrN4O4S/c1-3-21-28-29-22(26)18(23(30)27-24(29)34-21)13-15-5-10-19(20(14-15)31-4-2)33-12-11-32-17-8-6-16(25)7-9-17/h5-10,13-14,26H,3-4,11-12H2,1-2H3/b18-13+,26-22?. The van der Waals surface area contributed by atoms with Gasteiger partial charge in [0.05, 0.1) is 12.2 Å². The number of ether oxygens (including phenoxy) is 3. The molecule has 0 fully saturated rings. The minimum absolute atomic E-state index is 0.00864. The van der Waals surface area contributed by atoms with Crippen LogP contribution in [0.2, 0.25) is 0 Å². The lowest BCUT2D eigenvalue weighted by atomic mass is 10.1. The van der Waals surface area contributed by atoms with E-state index < -0.39 is 5.91 Å². The highest BCUT2D eigenvalue weighted by atomic mass is 79.9. The molecule has 0 saturated carbocycles. The number of carbonyl (C=O) groups excluding carboxylic acids is 1. The topological polar surface area (TPSA) is 96.6 Å². The number of aliphatic imine (C=N–C) groups is 1. The van der Waals surface area contributed by atoms with E-state index in [1.807, 2.05) is 38.1 Å². The smallest absolute Gasteiger partial charge is 0.283 e. The second-order valence-corrected chi connectivity index (χ2v) is 9.11. The summed E-state index contributed by atoms with van der Waals surface area (Å²) in [4.78, 5) is 16.7. The van der Waals surface area contributed by atoms with E-state index in [0.29, 0.717) is 48.5 Å². The van der Waals surface area contributed by atoms with E-state index in [2.05, 4.69) is 26.0 Å². The molecule has 10 heteroatoms. The van der Waals surface area contributed by atoms with Gasteiger partial charge in [0.25, 0.3) is 5.91 Å². The molecule has 0 radical (unpaired) electrons. The van der Waals surface area contributed by atoms with Crippen LogP contribution in [-0.2, 0) is 4.79 Å². The zero-order chi connectivity index (χ0) is 24.1. The van der Waals surface area contributed by atoms with Gasteiger partial charge in [-0.1, -0.05) is 28.9 Å². The van der Waals surface area contributed by atoms with Crippen LogP contribution in [0.5, 0.6) is 17.2 Å². The number of benzene rings is 2. The Labute approximate surface area is 210 Å². The van der Waals surface area contributed by atoms with Gasteiger partial charge in [-0.15, -0.1) is 0 Å². The molecule has 0 saturated heterocycles. The van der Waals surface area contributed by atoms with Gasteiger partial charge in [-0.25, -0.2) is 0 Å². The summed E-state index contributed by atoms with van der Waals surface area (Å²) in [6.07, 6.45) is 2.34. The van der Waals surface area contributed by atoms with Crippen LogP contribution in [0.15, 0.2) is 62.6 Å². The van der Waals surface area contributed by atoms with E-state index in [0.717, 1.165) is 15.3 Å². The number of amides is 1. The Morgan fingerprint density at radius 1 is 1.06 bits per heavy atom. The molecular weight excluding hydrogens is 520 g/mol. The van der Waals surface area contributed by atoms with Crippen LogP contribution in [-0.4, -0.2) is 46.8 Å². The van der Waals surface area contributed by atoms with Gasteiger partial charge in [0, 0.05) is 4.47 Å². The maximum absolute atomic E-state index is 12.6. The number of halogens is 1. The molecule has 8 nitrogen and oxygen atoms in total. The summed E-state index contributed by atoms with van der Waals surface area (Å²) in [5, 5.41) is 15.5. The first-order valence-electron chi connectivity index (χ1n) is 10.8. The Morgan fingerprint density at radius 3 is 2.56 bits per heavy atom. The lowest BCUT2D eigenvalue weighted by Crippen LogP contribution is -2.35. The number of hydrogen-bond acceptors (Lipinski definition) is 7. The van der Waals surface area contributed by atoms with Crippen LogP contribution in [0.1, 0.15) is 25.8 Å². The SMILES string of the molecule is CCOc1cc(/C=C2\C(=N)N3N=C(CC)SC3=NC2=O)ccc1OCCOc1ccc(Br)cc1. The monoisotopic (exact) mass is 542 g/mol. The van der Waals surface area contributed by atoms with Gasteiger partial charge in [0.2, 0.25) is 5.17 Å². The Bertz CT molecular complexity index is 1190. The molecule has 2 aromatic carbocycles. The summed E-state index contributed by atoms with van der Waals surface area (Å²) >= 11 is 4.72. The number of hydrogen-bond donors (Lipinski definition) is 1. The van der Waals surface area contributed by atoms with Gasteiger partial charge in [-0.2, -0.15) is 15.1 Å². The molecular formula is C24H23BrN4O4S. The number of hydrazone groups is 1. The fourth-order valence-electron chi connectivity index (χ4n) is 3.19. The number of thioether (sulfide) groups is 1. The first-order valence-corrected chi connectivity index (χ1v) is 12.4. The average molecular weight is 543 g/mol. The van der Waals surface area contributed by atoms with Crippen molar-refractivity contribution in [3.8, 4) is 17.2 Å². The molecule has 0 spiro atoms. The number of nitrogens with zero attached hydrogens (tertiary/aromatic N) is 3. The summed E-state index contributed by atoms with van der Waals surface area (Å²) < 4.78 is 18.3. The highest BCUT2D eigenvalue weighted by Crippen LogP contribution is 2.32. The van der Waals surface area contributed by atoms with Crippen LogP contribution in [0.25, 0.3) is 6.08 Å².